The number of fused-ring (bicyclic) bond motifs is 1. The predicted octanol–water partition coefficient (Wildman–Crippen LogP) is 1.23. The van der Waals surface area contributed by atoms with Crippen LogP contribution in [0.15, 0.2) is 18.3 Å². The summed E-state index contributed by atoms with van der Waals surface area (Å²) < 4.78 is 2.01. The van der Waals surface area contributed by atoms with Gasteiger partial charge in [-0.05, 0) is 25.5 Å². The third kappa shape index (κ3) is 0.734. The van der Waals surface area contributed by atoms with Gasteiger partial charge in [0, 0.05) is 18.4 Å². The van der Waals surface area contributed by atoms with Gasteiger partial charge in [-0.15, -0.1) is 0 Å². The van der Waals surface area contributed by atoms with Crippen LogP contribution in [0, 0.1) is 0 Å². The zero-order valence-corrected chi connectivity index (χ0v) is 6.95. The van der Waals surface area contributed by atoms with Crippen LogP contribution in [0.3, 0.4) is 0 Å². The smallest absolute Gasteiger partial charge is 0.315 e. The van der Waals surface area contributed by atoms with Gasteiger partial charge in [-0.3, -0.25) is 4.79 Å². The summed E-state index contributed by atoms with van der Waals surface area (Å²) in [7, 11) is 0. The van der Waals surface area contributed by atoms with Crippen molar-refractivity contribution in [1.82, 2.24) is 4.57 Å². The second kappa shape index (κ2) is 2.12. The Morgan fingerprint density at radius 1 is 1.75 bits per heavy atom. The van der Waals surface area contributed by atoms with Crippen molar-refractivity contribution >= 4 is 5.97 Å². The van der Waals surface area contributed by atoms with Crippen molar-refractivity contribution in [3.05, 3.63) is 24.0 Å². The number of hydrogen-bond acceptors (Lipinski definition) is 1. The number of nitrogens with zero attached hydrogens (tertiary/aromatic N) is 1. The summed E-state index contributed by atoms with van der Waals surface area (Å²) in [5.74, 6) is -0.722. The van der Waals surface area contributed by atoms with E-state index in [-0.39, 0.29) is 0 Å². The van der Waals surface area contributed by atoms with E-state index >= 15 is 0 Å². The van der Waals surface area contributed by atoms with Crippen LogP contribution in [0.1, 0.15) is 19.0 Å². The standard InChI is InChI=1S/C9H11NO2/c1-9(8(11)12)4-6-10-5-2-3-7(9)10/h2-3,5H,4,6H2,1H3,(H,11,12). The minimum absolute atomic E-state index is 0.663. The fourth-order valence-electron chi connectivity index (χ4n) is 1.80. The van der Waals surface area contributed by atoms with Gasteiger partial charge in [-0.1, -0.05) is 0 Å². The van der Waals surface area contributed by atoms with Gasteiger partial charge in [0.15, 0.2) is 0 Å². The van der Waals surface area contributed by atoms with E-state index in [1.54, 1.807) is 6.92 Å². The summed E-state index contributed by atoms with van der Waals surface area (Å²) in [5, 5.41) is 9.02. The summed E-state index contributed by atoms with van der Waals surface area (Å²) >= 11 is 0. The third-order valence-electron chi connectivity index (χ3n) is 2.72. The summed E-state index contributed by atoms with van der Waals surface area (Å²) in [6.45, 7) is 2.61. The number of carboxylic acid groups (broad SMARTS) is 1. The molecule has 0 radical (unpaired) electrons. The van der Waals surface area contributed by atoms with E-state index < -0.39 is 11.4 Å². The van der Waals surface area contributed by atoms with Gasteiger partial charge < -0.3 is 9.67 Å². The summed E-state index contributed by atoms with van der Waals surface area (Å²) in [6, 6.07) is 3.79. The number of carbonyl (C=O) groups is 1. The van der Waals surface area contributed by atoms with E-state index in [1.165, 1.54) is 0 Å². The quantitative estimate of drug-likeness (QED) is 0.680. The molecule has 0 aromatic carbocycles. The van der Waals surface area contributed by atoms with E-state index in [4.69, 9.17) is 5.11 Å². The third-order valence-corrected chi connectivity index (χ3v) is 2.72. The Morgan fingerprint density at radius 2 is 2.50 bits per heavy atom. The van der Waals surface area contributed by atoms with Crippen molar-refractivity contribution < 1.29 is 9.90 Å². The van der Waals surface area contributed by atoms with E-state index in [2.05, 4.69) is 0 Å². The molecule has 1 atom stereocenters. The van der Waals surface area contributed by atoms with Crippen molar-refractivity contribution in [2.75, 3.05) is 0 Å². The molecule has 1 unspecified atom stereocenters. The average Bonchev–Trinajstić information content (AvgIpc) is 2.54. The van der Waals surface area contributed by atoms with Crippen LogP contribution in [0.5, 0.6) is 0 Å². The van der Waals surface area contributed by atoms with Gasteiger partial charge in [0.05, 0.1) is 0 Å². The van der Waals surface area contributed by atoms with Crippen molar-refractivity contribution in [2.24, 2.45) is 0 Å². The molecule has 3 heteroatoms. The first kappa shape index (κ1) is 7.40. The molecule has 12 heavy (non-hydrogen) atoms. The molecule has 64 valence electrons. The highest BCUT2D eigenvalue weighted by Gasteiger charge is 2.41. The monoisotopic (exact) mass is 165 g/mol. The SMILES string of the molecule is CC1(C(=O)O)CCn2cccc21. The number of aromatic nitrogens is 1. The molecule has 1 N–H and O–H groups in total. The maximum atomic E-state index is 11.0. The predicted molar refractivity (Wildman–Crippen MR) is 44.0 cm³/mol. The Morgan fingerprint density at radius 3 is 3.17 bits per heavy atom. The second-order valence-corrected chi connectivity index (χ2v) is 3.47. The highest BCUT2D eigenvalue weighted by atomic mass is 16.4. The van der Waals surface area contributed by atoms with Crippen LogP contribution in [0.4, 0.5) is 0 Å². The molecule has 0 saturated carbocycles. The van der Waals surface area contributed by atoms with Crippen LogP contribution in [-0.4, -0.2) is 15.6 Å². The maximum absolute atomic E-state index is 11.0. The lowest BCUT2D eigenvalue weighted by molar-refractivity contribution is -0.143. The molecular weight excluding hydrogens is 154 g/mol. The minimum atomic E-state index is -0.722. The minimum Gasteiger partial charge on any atom is -0.481 e. The number of aliphatic carboxylic acids is 1. The molecule has 2 rings (SSSR count). The van der Waals surface area contributed by atoms with Crippen molar-refractivity contribution in [3.63, 3.8) is 0 Å². The molecule has 1 aromatic rings. The Bertz CT molecular complexity index is 329. The lowest BCUT2D eigenvalue weighted by Crippen LogP contribution is -2.29. The van der Waals surface area contributed by atoms with E-state index in [0.29, 0.717) is 6.42 Å². The Kier molecular flexibility index (Phi) is 1.31. The Labute approximate surface area is 70.6 Å². The van der Waals surface area contributed by atoms with Gasteiger partial charge in [0.25, 0.3) is 0 Å². The zero-order valence-electron chi connectivity index (χ0n) is 6.95. The van der Waals surface area contributed by atoms with Gasteiger partial charge in [0.1, 0.15) is 5.41 Å². The van der Waals surface area contributed by atoms with Crippen LogP contribution in [0.25, 0.3) is 0 Å². The number of aryl methyl sites for hydroxylation is 1. The first-order chi connectivity index (χ1) is 5.64. The first-order valence-corrected chi connectivity index (χ1v) is 4.03. The van der Waals surface area contributed by atoms with E-state index in [9.17, 15) is 4.79 Å². The summed E-state index contributed by atoms with van der Waals surface area (Å²) in [4.78, 5) is 11.0. The maximum Gasteiger partial charge on any atom is 0.315 e. The van der Waals surface area contributed by atoms with Crippen molar-refractivity contribution in [3.8, 4) is 0 Å². The second-order valence-electron chi connectivity index (χ2n) is 3.47. The van der Waals surface area contributed by atoms with Crippen LogP contribution in [0.2, 0.25) is 0 Å². The molecule has 0 spiro atoms. The Hall–Kier alpha value is -1.25. The fourth-order valence-corrected chi connectivity index (χ4v) is 1.80. The highest BCUT2D eigenvalue weighted by molar-refractivity contribution is 5.80. The van der Waals surface area contributed by atoms with Gasteiger partial charge >= 0.3 is 5.97 Å². The van der Waals surface area contributed by atoms with E-state index in [1.807, 2.05) is 22.9 Å². The Balaban J connectivity index is 2.51. The molecule has 0 amide bonds. The largest absolute Gasteiger partial charge is 0.481 e. The zero-order chi connectivity index (χ0) is 8.77. The summed E-state index contributed by atoms with van der Waals surface area (Å²) in [6.07, 6.45) is 2.64. The van der Waals surface area contributed by atoms with Crippen molar-refractivity contribution in [2.45, 2.75) is 25.3 Å². The van der Waals surface area contributed by atoms with Gasteiger partial charge in [-0.25, -0.2) is 0 Å². The molecule has 1 aliphatic heterocycles. The molecule has 0 saturated heterocycles. The molecule has 1 aromatic heterocycles. The molecule has 2 heterocycles. The normalized spacial score (nSPS) is 27.1. The highest BCUT2D eigenvalue weighted by Crippen LogP contribution is 2.34. The molecule has 0 aliphatic carbocycles. The molecule has 0 bridgehead atoms. The molecule has 0 fully saturated rings. The average molecular weight is 165 g/mol. The van der Waals surface area contributed by atoms with Crippen LogP contribution < -0.4 is 0 Å². The number of carboxylic acids is 1. The lowest BCUT2D eigenvalue weighted by atomic mass is 9.86. The first-order valence-electron chi connectivity index (χ1n) is 4.03. The molecule has 1 aliphatic rings. The topological polar surface area (TPSA) is 42.2 Å². The van der Waals surface area contributed by atoms with E-state index in [0.717, 1.165) is 12.2 Å². The van der Waals surface area contributed by atoms with Crippen LogP contribution >= 0.6 is 0 Å². The number of hydrogen-bond donors (Lipinski definition) is 1. The molecular formula is C9H11NO2. The number of rotatable bonds is 1. The van der Waals surface area contributed by atoms with Crippen molar-refractivity contribution in [1.29, 1.82) is 0 Å². The van der Waals surface area contributed by atoms with Gasteiger partial charge in [0.2, 0.25) is 0 Å². The lowest BCUT2D eigenvalue weighted by Gasteiger charge is -2.16. The van der Waals surface area contributed by atoms with Crippen LogP contribution in [-0.2, 0) is 16.8 Å². The summed E-state index contributed by atoms with van der Waals surface area (Å²) in [5.41, 5.74) is 0.263. The molecule has 3 nitrogen and oxygen atoms in total. The van der Waals surface area contributed by atoms with Gasteiger partial charge in [-0.2, -0.15) is 0 Å². The fraction of sp³-hybridized carbons (Fsp3) is 0.444.